The van der Waals surface area contributed by atoms with Crippen LogP contribution in [0.2, 0.25) is 5.02 Å². The van der Waals surface area contributed by atoms with Gasteiger partial charge in [-0.2, -0.15) is 0 Å². The zero-order valence-corrected chi connectivity index (χ0v) is 12.7. The summed E-state index contributed by atoms with van der Waals surface area (Å²) in [7, 11) is 1.29. The topological polar surface area (TPSA) is 39.2 Å². The van der Waals surface area contributed by atoms with E-state index in [-0.39, 0.29) is 5.69 Å². The maximum atomic E-state index is 13.3. The summed E-state index contributed by atoms with van der Waals surface area (Å²) in [5, 5.41) is 0.307. The smallest absolute Gasteiger partial charge is 0.357 e. The van der Waals surface area contributed by atoms with Gasteiger partial charge in [-0.25, -0.2) is 14.2 Å². The molecular formula is C13H8ClFINO2. The highest BCUT2D eigenvalue weighted by Gasteiger charge is 2.13. The van der Waals surface area contributed by atoms with Gasteiger partial charge in [-0.05, 0) is 52.4 Å². The molecular weight excluding hydrogens is 384 g/mol. The molecule has 0 aliphatic rings. The summed E-state index contributed by atoms with van der Waals surface area (Å²) in [4.78, 5) is 15.5. The lowest BCUT2D eigenvalue weighted by Gasteiger charge is -2.06. The summed E-state index contributed by atoms with van der Waals surface area (Å²) in [6.07, 6.45) is 1.49. The van der Waals surface area contributed by atoms with Gasteiger partial charge < -0.3 is 4.74 Å². The molecule has 6 heteroatoms. The Labute approximate surface area is 127 Å². The van der Waals surface area contributed by atoms with Gasteiger partial charge in [-0.15, -0.1) is 0 Å². The number of ether oxygens (including phenoxy) is 1. The number of carbonyl (C=O) groups excluding carboxylic acids is 1. The van der Waals surface area contributed by atoms with Crippen molar-refractivity contribution in [2.75, 3.05) is 7.11 Å². The van der Waals surface area contributed by atoms with Crippen LogP contribution >= 0.6 is 34.2 Å². The number of nitrogens with zero attached hydrogens (tertiary/aromatic N) is 1. The van der Waals surface area contributed by atoms with E-state index in [0.717, 1.165) is 0 Å². The van der Waals surface area contributed by atoms with E-state index in [1.807, 2.05) is 22.6 Å². The molecule has 98 valence electrons. The molecule has 0 amide bonds. The Morgan fingerprint density at radius 3 is 2.63 bits per heavy atom. The van der Waals surface area contributed by atoms with E-state index in [1.165, 1.54) is 25.4 Å². The van der Waals surface area contributed by atoms with Crippen molar-refractivity contribution in [3.8, 4) is 11.1 Å². The number of rotatable bonds is 2. The molecule has 0 aliphatic heterocycles. The zero-order valence-electron chi connectivity index (χ0n) is 9.78. The number of halogens is 3. The van der Waals surface area contributed by atoms with Gasteiger partial charge in [-0.1, -0.05) is 11.6 Å². The normalized spacial score (nSPS) is 10.3. The quantitative estimate of drug-likeness (QED) is 0.575. The third-order valence-electron chi connectivity index (χ3n) is 2.42. The zero-order chi connectivity index (χ0) is 14.0. The number of aromatic nitrogens is 1. The minimum atomic E-state index is -0.506. The second-order valence-electron chi connectivity index (χ2n) is 3.70. The highest BCUT2D eigenvalue weighted by molar-refractivity contribution is 14.1. The molecule has 0 spiro atoms. The SMILES string of the molecule is COC(=O)c1ncc(-c2cc(F)cc(Cl)c2)cc1I. The van der Waals surface area contributed by atoms with Crippen LogP contribution in [0.5, 0.6) is 0 Å². The minimum absolute atomic E-state index is 0.231. The molecule has 2 aromatic rings. The Hall–Kier alpha value is -1.21. The Morgan fingerprint density at radius 1 is 1.32 bits per heavy atom. The average Bonchev–Trinajstić information content (AvgIpc) is 2.36. The van der Waals surface area contributed by atoms with Crippen molar-refractivity contribution in [1.29, 1.82) is 0 Å². The Kier molecular flexibility index (Phi) is 4.36. The molecule has 0 radical (unpaired) electrons. The lowest BCUT2D eigenvalue weighted by atomic mass is 10.1. The first-order chi connectivity index (χ1) is 9.01. The Morgan fingerprint density at radius 2 is 2.05 bits per heavy atom. The van der Waals surface area contributed by atoms with Crippen LogP contribution in [0.1, 0.15) is 10.5 Å². The minimum Gasteiger partial charge on any atom is -0.464 e. The monoisotopic (exact) mass is 391 g/mol. The summed E-state index contributed by atoms with van der Waals surface area (Å²) in [6, 6.07) is 5.95. The molecule has 0 aliphatic carbocycles. The van der Waals surface area contributed by atoms with E-state index < -0.39 is 11.8 Å². The van der Waals surface area contributed by atoms with E-state index in [2.05, 4.69) is 9.72 Å². The molecule has 1 aromatic heterocycles. The molecule has 2 rings (SSSR count). The predicted octanol–water partition coefficient (Wildman–Crippen LogP) is 3.93. The van der Waals surface area contributed by atoms with E-state index in [9.17, 15) is 9.18 Å². The Balaban J connectivity index is 2.47. The third-order valence-corrected chi connectivity index (χ3v) is 3.46. The lowest BCUT2D eigenvalue weighted by Crippen LogP contribution is -2.06. The second kappa shape index (κ2) is 5.83. The molecule has 3 nitrogen and oxygen atoms in total. The van der Waals surface area contributed by atoms with Crippen LogP contribution in [0.15, 0.2) is 30.5 Å². The molecule has 0 N–H and O–H groups in total. The van der Waals surface area contributed by atoms with Crippen molar-refractivity contribution in [2.45, 2.75) is 0 Å². The number of hydrogen-bond acceptors (Lipinski definition) is 3. The van der Waals surface area contributed by atoms with E-state index in [1.54, 1.807) is 12.1 Å². The summed E-state index contributed by atoms with van der Waals surface area (Å²) < 4.78 is 18.5. The first kappa shape index (κ1) is 14.2. The van der Waals surface area contributed by atoms with Gasteiger partial charge in [0.2, 0.25) is 0 Å². The van der Waals surface area contributed by atoms with Crippen LogP contribution in [0, 0.1) is 9.39 Å². The maximum Gasteiger partial charge on any atom is 0.357 e. The Bertz CT molecular complexity index is 628. The van der Waals surface area contributed by atoms with Crippen molar-refractivity contribution in [2.24, 2.45) is 0 Å². The highest BCUT2D eigenvalue weighted by atomic mass is 127. The van der Waals surface area contributed by atoms with E-state index >= 15 is 0 Å². The number of pyridine rings is 1. The van der Waals surface area contributed by atoms with Gasteiger partial charge in [0, 0.05) is 20.4 Å². The van der Waals surface area contributed by atoms with Crippen LogP contribution in [0.3, 0.4) is 0 Å². The van der Waals surface area contributed by atoms with Crippen LogP contribution in [-0.4, -0.2) is 18.1 Å². The van der Waals surface area contributed by atoms with Crippen LogP contribution < -0.4 is 0 Å². The molecule has 1 heterocycles. The molecule has 0 atom stereocenters. The van der Waals surface area contributed by atoms with Crippen molar-refractivity contribution in [3.63, 3.8) is 0 Å². The molecule has 0 unspecified atom stereocenters. The van der Waals surface area contributed by atoms with Gasteiger partial charge in [0.25, 0.3) is 0 Å². The van der Waals surface area contributed by atoms with Crippen LogP contribution in [0.4, 0.5) is 4.39 Å². The first-order valence-corrected chi connectivity index (χ1v) is 6.67. The number of carbonyl (C=O) groups is 1. The second-order valence-corrected chi connectivity index (χ2v) is 5.30. The molecule has 0 bridgehead atoms. The van der Waals surface area contributed by atoms with Crippen molar-refractivity contribution in [1.82, 2.24) is 4.98 Å². The molecule has 0 saturated carbocycles. The number of hydrogen-bond donors (Lipinski definition) is 0. The summed E-state index contributed by atoms with van der Waals surface area (Å²) >= 11 is 7.79. The predicted molar refractivity (Wildman–Crippen MR) is 78.7 cm³/mol. The average molecular weight is 392 g/mol. The van der Waals surface area contributed by atoms with Gasteiger partial charge in [0.1, 0.15) is 5.82 Å². The summed E-state index contributed by atoms with van der Waals surface area (Å²) in [5.74, 6) is -0.928. The largest absolute Gasteiger partial charge is 0.464 e. The molecule has 19 heavy (non-hydrogen) atoms. The molecule has 0 fully saturated rings. The van der Waals surface area contributed by atoms with Crippen LogP contribution in [0.25, 0.3) is 11.1 Å². The summed E-state index contributed by atoms with van der Waals surface area (Å²) in [6.45, 7) is 0. The number of methoxy groups -OCH3 is 1. The van der Waals surface area contributed by atoms with Crippen molar-refractivity contribution < 1.29 is 13.9 Å². The first-order valence-electron chi connectivity index (χ1n) is 5.21. The fraction of sp³-hybridized carbons (Fsp3) is 0.0769. The van der Waals surface area contributed by atoms with Crippen molar-refractivity contribution in [3.05, 3.63) is 50.6 Å². The maximum absolute atomic E-state index is 13.3. The standard InChI is InChI=1S/C13H8ClFINO2/c1-19-13(18)12-11(16)4-8(6-17-12)7-2-9(14)5-10(15)3-7/h2-6H,1H3. The van der Waals surface area contributed by atoms with E-state index in [0.29, 0.717) is 19.7 Å². The van der Waals surface area contributed by atoms with Gasteiger partial charge in [0.15, 0.2) is 5.69 Å². The highest BCUT2D eigenvalue weighted by Crippen LogP contribution is 2.26. The van der Waals surface area contributed by atoms with Gasteiger partial charge in [-0.3, -0.25) is 0 Å². The van der Waals surface area contributed by atoms with E-state index in [4.69, 9.17) is 11.6 Å². The fourth-order valence-corrected chi connectivity index (χ4v) is 2.48. The fourth-order valence-electron chi connectivity index (χ4n) is 1.56. The number of esters is 1. The summed E-state index contributed by atoms with van der Waals surface area (Å²) in [5.41, 5.74) is 1.51. The third kappa shape index (κ3) is 3.22. The number of benzene rings is 1. The van der Waals surface area contributed by atoms with Crippen LogP contribution in [-0.2, 0) is 4.74 Å². The van der Waals surface area contributed by atoms with Gasteiger partial charge in [0.05, 0.1) is 7.11 Å². The molecule has 1 aromatic carbocycles. The van der Waals surface area contributed by atoms with Crippen molar-refractivity contribution >= 4 is 40.2 Å². The lowest BCUT2D eigenvalue weighted by molar-refractivity contribution is 0.0593. The molecule has 0 saturated heterocycles. The van der Waals surface area contributed by atoms with Gasteiger partial charge >= 0.3 is 5.97 Å².